The number of halogens is 2. The third kappa shape index (κ3) is 6.04. The van der Waals surface area contributed by atoms with Gasteiger partial charge in [-0.25, -0.2) is 4.39 Å². The first-order valence-electron chi connectivity index (χ1n) is 11.1. The SMILES string of the molecule is C=CCn1c(COc2ccc(F)cc2Cl)nnc1SCC(=O)Nc1sc2c(c1C#N)CCCCC2. The molecule has 3 aromatic rings. The lowest BCUT2D eigenvalue weighted by atomic mass is 10.1. The van der Waals surface area contributed by atoms with Crippen molar-refractivity contribution in [3.05, 3.63) is 63.5 Å². The smallest absolute Gasteiger partial charge is 0.235 e. The lowest BCUT2D eigenvalue weighted by Crippen LogP contribution is -2.15. The second-order valence-electron chi connectivity index (χ2n) is 7.88. The van der Waals surface area contributed by atoms with E-state index in [-0.39, 0.29) is 23.3 Å². The molecule has 2 aromatic heterocycles. The number of aryl methyl sites for hydroxylation is 1. The predicted molar refractivity (Wildman–Crippen MR) is 136 cm³/mol. The van der Waals surface area contributed by atoms with Crippen molar-refractivity contribution >= 4 is 45.6 Å². The largest absolute Gasteiger partial charge is 0.484 e. The third-order valence-electron chi connectivity index (χ3n) is 5.47. The highest BCUT2D eigenvalue weighted by molar-refractivity contribution is 7.99. The Balaban J connectivity index is 1.40. The van der Waals surface area contributed by atoms with Crippen molar-refractivity contribution < 1.29 is 13.9 Å². The maximum absolute atomic E-state index is 13.3. The number of anilines is 1. The number of thiophene rings is 1. The number of hydrogen-bond acceptors (Lipinski definition) is 7. The van der Waals surface area contributed by atoms with Gasteiger partial charge in [-0.2, -0.15) is 5.26 Å². The van der Waals surface area contributed by atoms with E-state index in [0.717, 1.165) is 31.2 Å². The summed E-state index contributed by atoms with van der Waals surface area (Å²) in [4.78, 5) is 13.9. The number of fused-ring (bicyclic) bond motifs is 1. The molecular weight excluding hydrogens is 509 g/mol. The predicted octanol–water partition coefficient (Wildman–Crippen LogP) is 5.77. The molecule has 1 aliphatic rings. The van der Waals surface area contributed by atoms with Crippen LogP contribution in [0, 0.1) is 17.1 Å². The van der Waals surface area contributed by atoms with Gasteiger partial charge in [-0.3, -0.25) is 9.36 Å². The number of thioether (sulfide) groups is 1. The molecule has 11 heteroatoms. The molecular formula is C24H23ClFN5O2S2. The molecule has 35 heavy (non-hydrogen) atoms. The van der Waals surface area contributed by atoms with Crippen molar-refractivity contribution in [1.82, 2.24) is 14.8 Å². The van der Waals surface area contributed by atoms with Crippen LogP contribution in [0.25, 0.3) is 0 Å². The second-order valence-corrected chi connectivity index (χ2v) is 10.3. The van der Waals surface area contributed by atoms with Gasteiger partial charge in [0.05, 0.1) is 16.3 Å². The quantitative estimate of drug-likeness (QED) is 0.214. The van der Waals surface area contributed by atoms with E-state index in [0.29, 0.717) is 33.8 Å². The highest BCUT2D eigenvalue weighted by Crippen LogP contribution is 2.37. The summed E-state index contributed by atoms with van der Waals surface area (Å²) in [5, 5.41) is 22.3. The number of benzene rings is 1. The van der Waals surface area contributed by atoms with Gasteiger partial charge in [0, 0.05) is 11.4 Å². The maximum atomic E-state index is 13.3. The van der Waals surface area contributed by atoms with Gasteiger partial charge in [0.25, 0.3) is 0 Å². The molecule has 1 aromatic carbocycles. The molecule has 1 N–H and O–H groups in total. The molecule has 1 aliphatic carbocycles. The molecule has 1 amide bonds. The minimum atomic E-state index is -0.450. The number of amides is 1. The van der Waals surface area contributed by atoms with Gasteiger partial charge in [0.2, 0.25) is 5.91 Å². The zero-order valence-electron chi connectivity index (χ0n) is 18.9. The molecule has 0 radical (unpaired) electrons. The minimum absolute atomic E-state index is 0.0607. The Morgan fingerprint density at radius 2 is 2.20 bits per heavy atom. The number of aromatic nitrogens is 3. The second kappa shape index (κ2) is 11.7. The summed E-state index contributed by atoms with van der Waals surface area (Å²) in [5.74, 6) is 0.286. The van der Waals surface area contributed by atoms with Gasteiger partial charge >= 0.3 is 0 Å². The van der Waals surface area contributed by atoms with E-state index in [1.165, 1.54) is 52.6 Å². The van der Waals surface area contributed by atoms with Crippen molar-refractivity contribution in [2.75, 3.05) is 11.1 Å². The van der Waals surface area contributed by atoms with E-state index < -0.39 is 5.82 Å². The summed E-state index contributed by atoms with van der Waals surface area (Å²) in [6.45, 7) is 4.25. The van der Waals surface area contributed by atoms with Crippen LogP contribution in [-0.2, 0) is 30.8 Å². The highest BCUT2D eigenvalue weighted by atomic mass is 35.5. The molecule has 7 nitrogen and oxygen atoms in total. The summed E-state index contributed by atoms with van der Waals surface area (Å²) in [5.41, 5.74) is 1.69. The average molecular weight is 532 g/mol. The summed E-state index contributed by atoms with van der Waals surface area (Å²) >= 11 is 8.77. The molecule has 0 saturated carbocycles. The molecule has 4 rings (SSSR count). The van der Waals surface area contributed by atoms with Gasteiger partial charge in [-0.05, 0) is 49.4 Å². The summed E-state index contributed by atoms with van der Waals surface area (Å²) in [7, 11) is 0. The Kier molecular flexibility index (Phi) is 8.44. The molecule has 2 heterocycles. The van der Waals surface area contributed by atoms with Crippen molar-refractivity contribution in [3.8, 4) is 11.8 Å². The maximum Gasteiger partial charge on any atom is 0.235 e. The fourth-order valence-corrected chi connectivity index (χ4v) is 6.07. The van der Waals surface area contributed by atoms with Crippen molar-refractivity contribution in [3.63, 3.8) is 0 Å². The van der Waals surface area contributed by atoms with Crippen LogP contribution < -0.4 is 10.1 Å². The number of nitriles is 1. The van der Waals surface area contributed by atoms with Crippen LogP contribution in [0.5, 0.6) is 5.75 Å². The molecule has 0 saturated heterocycles. The summed E-state index contributed by atoms with van der Waals surface area (Å²) in [6, 6.07) is 6.17. The van der Waals surface area contributed by atoms with Crippen LogP contribution in [0.2, 0.25) is 5.02 Å². The standard InChI is InChI=1S/C24H23ClFN5O2S2/c1-2-10-31-21(13-33-19-9-8-15(26)11-18(19)25)29-30-24(31)34-14-22(32)28-23-17(12-27)16-6-4-3-5-7-20(16)35-23/h2,8-9,11H,1,3-7,10,13-14H2,(H,28,32). The van der Waals surface area contributed by atoms with Crippen LogP contribution in [0.1, 0.15) is 41.1 Å². The van der Waals surface area contributed by atoms with Crippen molar-refractivity contribution in [2.45, 2.75) is 50.4 Å². The Morgan fingerprint density at radius 3 is 2.97 bits per heavy atom. The van der Waals surface area contributed by atoms with Gasteiger partial charge in [-0.15, -0.1) is 28.1 Å². The summed E-state index contributed by atoms with van der Waals surface area (Å²) < 4.78 is 20.7. The molecule has 0 fully saturated rings. The van der Waals surface area contributed by atoms with E-state index >= 15 is 0 Å². The van der Waals surface area contributed by atoms with Crippen LogP contribution in [0.3, 0.4) is 0 Å². The van der Waals surface area contributed by atoms with Crippen molar-refractivity contribution in [1.29, 1.82) is 5.26 Å². The van der Waals surface area contributed by atoms with E-state index in [1.54, 1.807) is 10.6 Å². The minimum Gasteiger partial charge on any atom is -0.484 e. The first-order valence-corrected chi connectivity index (χ1v) is 13.3. The normalized spacial score (nSPS) is 12.9. The lowest BCUT2D eigenvalue weighted by molar-refractivity contribution is -0.113. The number of nitrogens with zero attached hydrogens (tertiary/aromatic N) is 4. The van der Waals surface area contributed by atoms with Crippen LogP contribution >= 0.6 is 34.7 Å². The van der Waals surface area contributed by atoms with E-state index in [4.69, 9.17) is 16.3 Å². The molecule has 0 unspecified atom stereocenters. The fraction of sp³-hybridized carbons (Fsp3) is 0.333. The van der Waals surface area contributed by atoms with E-state index in [1.807, 2.05) is 0 Å². The van der Waals surface area contributed by atoms with Crippen LogP contribution in [-0.4, -0.2) is 26.4 Å². The lowest BCUT2D eigenvalue weighted by Gasteiger charge is -2.10. The summed E-state index contributed by atoms with van der Waals surface area (Å²) in [6.07, 6.45) is 6.88. The Hall–Kier alpha value is -2.87. The molecule has 182 valence electrons. The van der Waals surface area contributed by atoms with Gasteiger partial charge < -0.3 is 10.1 Å². The Bertz CT molecular complexity index is 1280. The Morgan fingerprint density at radius 1 is 1.37 bits per heavy atom. The third-order valence-corrected chi connectivity index (χ3v) is 7.94. The van der Waals surface area contributed by atoms with Crippen LogP contribution in [0.15, 0.2) is 36.0 Å². The highest BCUT2D eigenvalue weighted by Gasteiger charge is 2.21. The van der Waals surface area contributed by atoms with E-state index in [2.05, 4.69) is 28.2 Å². The Labute approximate surface area is 216 Å². The molecule has 0 bridgehead atoms. The van der Waals surface area contributed by atoms with Gasteiger partial charge in [-0.1, -0.05) is 35.9 Å². The fourth-order valence-electron chi connectivity index (χ4n) is 3.82. The zero-order valence-corrected chi connectivity index (χ0v) is 21.2. The van der Waals surface area contributed by atoms with Gasteiger partial charge in [0.1, 0.15) is 29.2 Å². The average Bonchev–Trinajstić information content (AvgIpc) is 3.28. The topological polar surface area (TPSA) is 92.8 Å². The first kappa shape index (κ1) is 25.2. The number of carbonyl (C=O) groups is 1. The molecule has 0 atom stereocenters. The monoisotopic (exact) mass is 531 g/mol. The molecule has 0 spiro atoms. The number of rotatable bonds is 9. The molecule has 0 aliphatic heterocycles. The van der Waals surface area contributed by atoms with Gasteiger partial charge in [0.15, 0.2) is 11.0 Å². The number of nitrogens with one attached hydrogen (secondary N) is 1. The number of carbonyl (C=O) groups excluding carboxylic acids is 1. The number of ether oxygens (including phenoxy) is 1. The van der Waals surface area contributed by atoms with E-state index in [9.17, 15) is 14.4 Å². The zero-order chi connectivity index (χ0) is 24.8. The van der Waals surface area contributed by atoms with Crippen LogP contribution in [0.4, 0.5) is 9.39 Å². The number of allylic oxidation sites excluding steroid dienone is 1. The first-order chi connectivity index (χ1) is 17.0. The number of hydrogen-bond donors (Lipinski definition) is 1. The van der Waals surface area contributed by atoms with Crippen molar-refractivity contribution in [2.24, 2.45) is 0 Å².